The van der Waals surface area contributed by atoms with Crippen molar-refractivity contribution in [1.82, 2.24) is 5.48 Å². The van der Waals surface area contributed by atoms with Gasteiger partial charge in [-0.1, -0.05) is 30.3 Å². The number of carboxylic acid groups (broad SMARTS) is 1. The molecule has 19 heavy (non-hydrogen) atoms. The molecule has 104 valence electrons. The first kappa shape index (κ1) is 14.9. The van der Waals surface area contributed by atoms with Crippen LogP contribution in [0.2, 0.25) is 0 Å². The fraction of sp³-hybridized carbons (Fsp3) is 0.333. The van der Waals surface area contributed by atoms with Gasteiger partial charge >= 0.3 is 12.1 Å². The Hall–Kier alpha value is -2.12. The zero-order valence-electron chi connectivity index (χ0n) is 10.4. The first-order valence-electron chi connectivity index (χ1n) is 5.47. The second kappa shape index (κ2) is 8.06. The minimum absolute atomic E-state index is 0.0675. The topological polar surface area (TPSA) is 94.1 Å². The lowest BCUT2D eigenvalue weighted by atomic mass is 10.2. The van der Waals surface area contributed by atoms with Crippen LogP contribution in [0.3, 0.4) is 0 Å². The van der Waals surface area contributed by atoms with E-state index < -0.39 is 18.2 Å². The van der Waals surface area contributed by atoms with Gasteiger partial charge in [-0.2, -0.15) is 5.48 Å². The largest absolute Gasteiger partial charge is 0.479 e. The maximum absolute atomic E-state index is 11.3. The number of ether oxygens (including phenoxy) is 2. The molecule has 0 aromatic heterocycles. The number of aliphatic carboxylic acids is 1. The van der Waals surface area contributed by atoms with Gasteiger partial charge in [-0.15, -0.1) is 0 Å². The second-order valence-corrected chi connectivity index (χ2v) is 3.56. The molecule has 1 rings (SSSR count). The van der Waals surface area contributed by atoms with Gasteiger partial charge in [0, 0.05) is 7.11 Å². The van der Waals surface area contributed by atoms with Crippen molar-refractivity contribution < 1.29 is 29.0 Å². The summed E-state index contributed by atoms with van der Waals surface area (Å²) in [5, 5.41) is 8.73. The molecular weight excluding hydrogens is 254 g/mol. The van der Waals surface area contributed by atoms with Crippen molar-refractivity contribution in [3.05, 3.63) is 35.9 Å². The van der Waals surface area contributed by atoms with E-state index in [1.54, 1.807) is 12.1 Å². The molecule has 2 N–H and O–H groups in total. The van der Waals surface area contributed by atoms with E-state index in [0.29, 0.717) is 0 Å². The molecule has 0 fully saturated rings. The van der Waals surface area contributed by atoms with Crippen LogP contribution in [0.1, 0.15) is 5.56 Å². The number of hydrogen-bond acceptors (Lipinski definition) is 5. The number of amides is 1. The van der Waals surface area contributed by atoms with Crippen molar-refractivity contribution in [3.8, 4) is 0 Å². The SMILES string of the molecule is COCC(ONC(=O)OCc1ccccc1)C(=O)O. The van der Waals surface area contributed by atoms with E-state index in [1.165, 1.54) is 7.11 Å². The summed E-state index contributed by atoms with van der Waals surface area (Å²) in [5.74, 6) is -1.25. The Kier molecular flexibility index (Phi) is 6.34. The van der Waals surface area contributed by atoms with E-state index >= 15 is 0 Å². The van der Waals surface area contributed by atoms with Crippen molar-refractivity contribution in [1.29, 1.82) is 0 Å². The van der Waals surface area contributed by atoms with Gasteiger partial charge < -0.3 is 14.6 Å². The summed E-state index contributed by atoms with van der Waals surface area (Å²) < 4.78 is 9.46. The number of carbonyl (C=O) groups excluding carboxylic acids is 1. The van der Waals surface area contributed by atoms with E-state index in [0.717, 1.165) is 5.56 Å². The lowest BCUT2D eigenvalue weighted by Crippen LogP contribution is -2.37. The maximum atomic E-state index is 11.3. The Labute approximate surface area is 110 Å². The number of rotatable bonds is 7. The first-order chi connectivity index (χ1) is 9.13. The average Bonchev–Trinajstić information content (AvgIpc) is 2.42. The van der Waals surface area contributed by atoms with Crippen molar-refractivity contribution in [2.45, 2.75) is 12.7 Å². The van der Waals surface area contributed by atoms with Crippen LogP contribution >= 0.6 is 0 Å². The van der Waals surface area contributed by atoms with Crippen LogP contribution in [0.25, 0.3) is 0 Å². The smallest absolute Gasteiger partial charge is 0.431 e. The minimum Gasteiger partial charge on any atom is -0.479 e. The van der Waals surface area contributed by atoms with Gasteiger partial charge in [0.15, 0.2) is 0 Å². The molecule has 0 aliphatic carbocycles. The molecule has 0 aliphatic rings. The molecule has 1 aromatic carbocycles. The van der Waals surface area contributed by atoms with Gasteiger partial charge in [0.25, 0.3) is 0 Å². The molecule has 0 saturated heterocycles. The molecule has 1 atom stereocenters. The summed E-state index contributed by atoms with van der Waals surface area (Å²) in [6.07, 6.45) is -2.15. The summed E-state index contributed by atoms with van der Waals surface area (Å²) in [7, 11) is 1.33. The number of hydrogen-bond donors (Lipinski definition) is 2. The third-order valence-corrected chi connectivity index (χ3v) is 2.09. The number of nitrogens with one attached hydrogen (secondary N) is 1. The Balaban J connectivity index is 2.29. The second-order valence-electron chi connectivity index (χ2n) is 3.56. The van der Waals surface area contributed by atoms with Crippen LogP contribution in [-0.2, 0) is 25.7 Å². The Bertz CT molecular complexity index is 408. The van der Waals surface area contributed by atoms with Gasteiger partial charge in [0.05, 0.1) is 6.61 Å². The molecule has 1 aromatic rings. The fourth-order valence-corrected chi connectivity index (χ4v) is 1.18. The molecule has 7 nitrogen and oxygen atoms in total. The monoisotopic (exact) mass is 269 g/mol. The van der Waals surface area contributed by atoms with Gasteiger partial charge in [0.1, 0.15) is 6.61 Å². The number of benzene rings is 1. The Morgan fingerprint density at radius 3 is 2.58 bits per heavy atom. The molecule has 0 saturated carbocycles. The van der Waals surface area contributed by atoms with E-state index in [4.69, 9.17) is 9.84 Å². The lowest BCUT2D eigenvalue weighted by Gasteiger charge is -2.12. The van der Waals surface area contributed by atoms with Crippen molar-refractivity contribution in [2.24, 2.45) is 0 Å². The molecule has 0 aliphatic heterocycles. The Morgan fingerprint density at radius 1 is 1.32 bits per heavy atom. The van der Waals surface area contributed by atoms with Crippen molar-refractivity contribution >= 4 is 12.1 Å². The van der Waals surface area contributed by atoms with Gasteiger partial charge in [0.2, 0.25) is 6.10 Å². The normalized spacial score (nSPS) is 11.6. The molecule has 0 bridgehead atoms. The molecule has 1 unspecified atom stereocenters. The fourth-order valence-electron chi connectivity index (χ4n) is 1.18. The molecule has 0 radical (unpaired) electrons. The highest BCUT2D eigenvalue weighted by molar-refractivity contribution is 5.73. The van der Waals surface area contributed by atoms with Crippen LogP contribution in [0.5, 0.6) is 0 Å². The number of carboxylic acids is 1. The summed E-state index contributed by atoms with van der Waals surface area (Å²) in [4.78, 5) is 26.6. The summed E-state index contributed by atoms with van der Waals surface area (Å²) in [6, 6.07) is 9.05. The lowest BCUT2D eigenvalue weighted by molar-refractivity contribution is -0.158. The number of methoxy groups -OCH3 is 1. The molecule has 0 spiro atoms. The van der Waals surface area contributed by atoms with Crippen LogP contribution in [-0.4, -0.2) is 37.0 Å². The first-order valence-corrected chi connectivity index (χ1v) is 5.47. The Morgan fingerprint density at radius 2 is 2.00 bits per heavy atom. The van der Waals surface area contributed by atoms with Gasteiger partial charge in [-0.05, 0) is 5.56 Å². The summed E-state index contributed by atoms with van der Waals surface area (Å²) >= 11 is 0. The zero-order valence-corrected chi connectivity index (χ0v) is 10.4. The highest BCUT2D eigenvalue weighted by atomic mass is 16.7. The molecule has 0 heterocycles. The van der Waals surface area contributed by atoms with Crippen LogP contribution in [0.15, 0.2) is 30.3 Å². The minimum atomic E-state index is -1.28. The number of hydroxylamine groups is 1. The highest BCUT2D eigenvalue weighted by Gasteiger charge is 2.19. The molecular formula is C12H15NO6. The van der Waals surface area contributed by atoms with Crippen LogP contribution < -0.4 is 5.48 Å². The van der Waals surface area contributed by atoms with Gasteiger partial charge in [-0.3, -0.25) is 4.84 Å². The third-order valence-electron chi connectivity index (χ3n) is 2.09. The van der Waals surface area contributed by atoms with E-state index in [1.807, 2.05) is 23.7 Å². The average molecular weight is 269 g/mol. The molecule has 7 heteroatoms. The number of carbonyl (C=O) groups is 2. The van der Waals surface area contributed by atoms with Crippen LogP contribution in [0, 0.1) is 0 Å². The van der Waals surface area contributed by atoms with Crippen molar-refractivity contribution in [3.63, 3.8) is 0 Å². The van der Waals surface area contributed by atoms with Crippen LogP contribution in [0.4, 0.5) is 4.79 Å². The highest BCUT2D eigenvalue weighted by Crippen LogP contribution is 2.00. The van der Waals surface area contributed by atoms with E-state index in [9.17, 15) is 9.59 Å². The predicted molar refractivity (Wildman–Crippen MR) is 64.1 cm³/mol. The van der Waals surface area contributed by atoms with E-state index in [-0.39, 0.29) is 13.2 Å². The van der Waals surface area contributed by atoms with E-state index in [2.05, 4.69) is 9.57 Å². The maximum Gasteiger partial charge on any atom is 0.431 e. The zero-order chi connectivity index (χ0) is 14.1. The standard InChI is InChI=1S/C12H15NO6/c1-17-8-10(11(14)15)19-13-12(16)18-7-9-5-3-2-4-6-9/h2-6,10H,7-8H2,1H3,(H,13,16)(H,14,15). The van der Waals surface area contributed by atoms with Crippen molar-refractivity contribution in [2.75, 3.05) is 13.7 Å². The predicted octanol–water partition coefficient (Wildman–Crippen LogP) is 0.944. The quantitative estimate of drug-likeness (QED) is 0.715. The third kappa shape index (κ3) is 5.84. The summed E-state index contributed by atoms with van der Waals surface area (Å²) in [6.45, 7) is -0.119. The molecule has 1 amide bonds. The summed E-state index contributed by atoms with van der Waals surface area (Å²) in [5.41, 5.74) is 2.71. The van der Waals surface area contributed by atoms with Gasteiger partial charge in [-0.25, -0.2) is 9.59 Å².